The highest BCUT2D eigenvalue weighted by molar-refractivity contribution is 14.0. The van der Waals surface area contributed by atoms with E-state index in [0.717, 1.165) is 13.0 Å². The average Bonchev–Trinajstić information content (AvgIpc) is 3.14. The monoisotopic (exact) mass is 540 g/mol. The molecule has 1 aromatic rings. The molecule has 0 radical (unpaired) electrons. The molecule has 0 amide bonds. The Balaban J connectivity index is 0.00000450. The van der Waals surface area contributed by atoms with Crippen LogP contribution < -0.4 is 20.3 Å². The van der Waals surface area contributed by atoms with Crippen LogP contribution in [0.1, 0.15) is 33.1 Å². The third-order valence-corrected chi connectivity index (χ3v) is 4.41. The predicted molar refractivity (Wildman–Crippen MR) is 124 cm³/mol. The molecule has 1 saturated heterocycles. The summed E-state index contributed by atoms with van der Waals surface area (Å²) in [5.74, 6) is 0.653. The smallest absolute Gasteiger partial charge is 0.387 e. The highest BCUT2D eigenvalue weighted by Crippen LogP contribution is 2.31. The minimum absolute atomic E-state index is 0. The maximum atomic E-state index is 12.7. The number of rotatable bonds is 10. The van der Waals surface area contributed by atoms with Crippen LogP contribution in [0.25, 0.3) is 0 Å². The van der Waals surface area contributed by atoms with Gasteiger partial charge in [0.2, 0.25) is 0 Å². The van der Waals surface area contributed by atoms with Crippen molar-refractivity contribution in [3.63, 3.8) is 0 Å². The molecule has 1 aliphatic rings. The molecule has 1 unspecified atom stereocenters. The van der Waals surface area contributed by atoms with Gasteiger partial charge in [-0.1, -0.05) is 12.1 Å². The first-order valence-electron chi connectivity index (χ1n) is 10.0. The molecule has 1 aliphatic heterocycles. The van der Waals surface area contributed by atoms with E-state index in [2.05, 4.69) is 20.4 Å². The van der Waals surface area contributed by atoms with Crippen LogP contribution in [-0.4, -0.2) is 57.4 Å². The summed E-state index contributed by atoms with van der Waals surface area (Å²) in [7, 11) is 0. The third-order valence-electron chi connectivity index (χ3n) is 4.41. The number of carbonyl (C=O) groups is 1. The van der Waals surface area contributed by atoms with Crippen molar-refractivity contribution in [3.8, 4) is 5.75 Å². The first-order valence-corrected chi connectivity index (χ1v) is 10.0. The summed E-state index contributed by atoms with van der Waals surface area (Å²) in [6.07, 6.45) is 1.80. The van der Waals surface area contributed by atoms with Crippen LogP contribution in [0.3, 0.4) is 0 Å². The number of hydrogen-bond acceptors (Lipinski definition) is 5. The number of guanidine groups is 1. The Morgan fingerprint density at radius 2 is 2.10 bits per heavy atom. The summed E-state index contributed by atoms with van der Waals surface area (Å²) in [4.78, 5) is 17.9. The van der Waals surface area contributed by atoms with Crippen LogP contribution in [0.2, 0.25) is 0 Å². The fourth-order valence-corrected chi connectivity index (χ4v) is 3.17. The number of benzene rings is 1. The topological polar surface area (TPSA) is 75.2 Å². The molecule has 1 fully saturated rings. The number of carbonyl (C=O) groups excluding carboxylic acids is 1. The highest BCUT2D eigenvalue weighted by Gasteiger charge is 2.26. The Hall–Kier alpha value is -1.85. The summed E-state index contributed by atoms with van der Waals surface area (Å²) < 4.78 is 34.9. The number of alkyl halides is 2. The molecule has 7 nitrogen and oxygen atoms in total. The highest BCUT2D eigenvalue weighted by atomic mass is 127. The molecule has 2 N–H and O–H groups in total. The fraction of sp³-hybridized carbons (Fsp3) is 0.600. The number of aliphatic imine (C=N–C) groups is 1. The van der Waals surface area contributed by atoms with Gasteiger partial charge in [0.1, 0.15) is 5.75 Å². The van der Waals surface area contributed by atoms with Crippen LogP contribution in [0.15, 0.2) is 29.3 Å². The molecule has 0 aromatic heterocycles. The molecule has 0 saturated carbocycles. The minimum Gasteiger partial charge on any atom is -0.466 e. The van der Waals surface area contributed by atoms with Crippen molar-refractivity contribution < 1.29 is 23.0 Å². The van der Waals surface area contributed by atoms with E-state index >= 15 is 0 Å². The Morgan fingerprint density at radius 3 is 2.80 bits per heavy atom. The number of para-hydroxylation sites is 2. The van der Waals surface area contributed by atoms with Gasteiger partial charge in [-0.3, -0.25) is 9.79 Å². The average molecular weight is 540 g/mol. The first kappa shape index (κ1) is 26.2. The van der Waals surface area contributed by atoms with Crippen LogP contribution in [0.4, 0.5) is 14.5 Å². The van der Waals surface area contributed by atoms with Crippen molar-refractivity contribution >= 4 is 41.6 Å². The van der Waals surface area contributed by atoms with Gasteiger partial charge in [0, 0.05) is 38.6 Å². The van der Waals surface area contributed by atoms with Crippen LogP contribution in [0.5, 0.6) is 5.75 Å². The van der Waals surface area contributed by atoms with E-state index in [1.807, 2.05) is 17.9 Å². The molecule has 1 atom stereocenters. The van der Waals surface area contributed by atoms with Crippen molar-refractivity contribution in [2.75, 3.05) is 37.7 Å². The van der Waals surface area contributed by atoms with Gasteiger partial charge in [0.15, 0.2) is 5.96 Å². The minimum atomic E-state index is -2.85. The second-order valence-corrected chi connectivity index (χ2v) is 6.59. The number of nitrogens with one attached hydrogen (secondary N) is 2. The molecule has 1 heterocycles. The van der Waals surface area contributed by atoms with E-state index in [9.17, 15) is 13.6 Å². The molecular formula is C20H31F2IN4O3. The maximum Gasteiger partial charge on any atom is 0.387 e. The standard InChI is InChI=1S/C20H30F2N4O3.HI/c1-3-23-20(24-12-7-10-18(27)28-4-2)25-15-11-13-26(14-15)16-8-5-6-9-17(16)29-19(21)22;/h5-6,8-9,15,19H,3-4,7,10-14H2,1-2H3,(H2,23,24,25);1H. The van der Waals surface area contributed by atoms with E-state index in [1.165, 1.54) is 0 Å². The molecule has 1 aromatic carbocycles. The molecule has 170 valence electrons. The molecule has 0 bridgehead atoms. The second-order valence-electron chi connectivity index (χ2n) is 6.59. The zero-order valence-electron chi connectivity index (χ0n) is 17.4. The zero-order chi connectivity index (χ0) is 21.1. The lowest BCUT2D eigenvalue weighted by molar-refractivity contribution is -0.143. The van der Waals surface area contributed by atoms with E-state index < -0.39 is 6.61 Å². The van der Waals surface area contributed by atoms with Crippen molar-refractivity contribution in [3.05, 3.63) is 24.3 Å². The Labute approximate surface area is 193 Å². The zero-order valence-corrected chi connectivity index (χ0v) is 19.7. The molecule has 2 rings (SSSR count). The molecule has 0 spiro atoms. The normalized spacial score (nSPS) is 16.2. The summed E-state index contributed by atoms with van der Waals surface area (Å²) in [5.41, 5.74) is 0.661. The number of hydrogen-bond donors (Lipinski definition) is 2. The van der Waals surface area contributed by atoms with E-state index in [0.29, 0.717) is 50.7 Å². The lowest BCUT2D eigenvalue weighted by Gasteiger charge is -2.22. The Kier molecular flexibility index (Phi) is 12.4. The first-order chi connectivity index (χ1) is 14.0. The molecule has 0 aliphatic carbocycles. The van der Waals surface area contributed by atoms with Crippen LogP contribution >= 0.6 is 24.0 Å². The van der Waals surface area contributed by atoms with Crippen LogP contribution in [-0.2, 0) is 9.53 Å². The van der Waals surface area contributed by atoms with Gasteiger partial charge in [0.25, 0.3) is 0 Å². The lowest BCUT2D eigenvalue weighted by Crippen LogP contribution is -2.44. The maximum absolute atomic E-state index is 12.7. The Morgan fingerprint density at radius 1 is 1.33 bits per heavy atom. The third kappa shape index (κ3) is 8.88. The summed E-state index contributed by atoms with van der Waals surface area (Å²) >= 11 is 0. The van der Waals surface area contributed by atoms with Gasteiger partial charge >= 0.3 is 12.6 Å². The van der Waals surface area contributed by atoms with E-state index in [-0.39, 0.29) is 41.7 Å². The summed E-state index contributed by atoms with van der Waals surface area (Å²) in [6.45, 7) is 3.90. The number of nitrogens with zero attached hydrogens (tertiary/aromatic N) is 2. The Bertz CT molecular complexity index is 679. The number of halogens is 3. The van der Waals surface area contributed by atoms with Crippen molar-refractivity contribution in [1.29, 1.82) is 0 Å². The van der Waals surface area contributed by atoms with Crippen molar-refractivity contribution in [2.24, 2.45) is 4.99 Å². The van der Waals surface area contributed by atoms with Gasteiger partial charge < -0.3 is 25.0 Å². The number of esters is 1. The van der Waals surface area contributed by atoms with Crippen molar-refractivity contribution in [2.45, 2.75) is 45.8 Å². The molecule has 30 heavy (non-hydrogen) atoms. The van der Waals surface area contributed by atoms with Gasteiger partial charge in [0.05, 0.1) is 12.3 Å². The quantitative estimate of drug-likeness (QED) is 0.156. The molecule has 10 heteroatoms. The van der Waals surface area contributed by atoms with Crippen LogP contribution in [0, 0.1) is 0 Å². The van der Waals surface area contributed by atoms with Crippen molar-refractivity contribution in [1.82, 2.24) is 10.6 Å². The summed E-state index contributed by atoms with van der Waals surface area (Å²) in [6, 6.07) is 6.95. The number of ether oxygens (including phenoxy) is 2. The number of anilines is 1. The molecular weight excluding hydrogens is 509 g/mol. The van der Waals surface area contributed by atoms with Gasteiger partial charge in [-0.25, -0.2) is 0 Å². The van der Waals surface area contributed by atoms with Gasteiger partial charge in [-0.05, 0) is 38.8 Å². The fourth-order valence-electron chi connectivity index (χ4n) is 3.17. The van der Waals surface area contributed by atoms with Gasteiger partial charge in [-0.15, -0.1) is 24.0 Å². The van der Waals surface area contributed by atoms with E-state index in [4.69, 9.17) is 4.74 Å². The second kappa shape index (κ2) is 14.2. The lowest BCUT2D eigenvalue weighted by atomic mass is 10.2. The summed E-state index contributed by atoms with van der Waals surface area (Å²) in [5, 5.41) is 6.58. The largest absolute Gasteiger partial charge is 0.466 e. The van der Waals surface area contributed by atoms with Gasteiger partial charge in [-0.2, -0.15) is 8.78 Å². The predicted octanol–water partition coefficient (Wildman–Crippen LogP) is 3.38. The SMILES string of the molecule is CCNC(=NCCCC(=O)OCC)NC1CCN(c2ccccc2OC(F)F)C1.I. The van der Waals surface area contributed by atoms with E-state index in [1.54, 1.807) is 25.1 Å².